The van der Waals surface area contributed by atoms with Gasteiger partial charge in [0.1, 0.15) is 17.4 Å². The van der Waals surface area contributed by atoms with Gasteiger partial charge >= 0.3 is 5.97 Å². The molecule has 1 N–H and O–H groups in total. The van der Waals surface area contributed by atoms with Crippen molar-refractivity contribution in [3.05, 3.63) is 0 Å². The van der Waals surface area contributed by atoms with Gasteiger partial charge in [-0.3, -0.25) is 4.79 Å². The van der Waals surface area contributed by atoms with Crippen LogP contribution in [0.4, 0.5) is 0 Å². The lowest BCUT2D eigenvalue weighted by Crippen LogP contribution is -2.47. The third-order valence-corrected chi connectivity index (χ3v) is 2.35. The Hall–Kier alpha value is -1.39. The molecule has 0 aliphatic carbocycles. The second kappa shape index (κ2) is 7.26. The number of carbonyl (C=O) groups excluding carboxylic acids is 3. The number of esters is 1. The van der Waals surface area contributed by atoms with E-state index in [1.54, 1.807) is 20.8 Å². The average molecular weight is 271 g/mol. The summed E-state index contributed by atoms with van der Waals surface area (Å²) in [5, 5.41) is 2.63. The first kappa shape index (κ1) is 17.6. The molecule has 1 unspecified atom stereocenters. The molecule has 0 aromatic rings. The first-order valence-electron chi connectivity index (χ1n) is 6.54. The van der Waals surface area contributed by atoms with Gasteiger partial charge in [0.15, 0.2) is 0 Å². The lowest BCUT2D eigenvalue weighted by atomic mass is 10.0. The summed E-state index contributed by atoms with van der Waals surface area (Å²) in [6, 6.07) is -0.682. The Morgan fingerprint density at radius 3 is 2.00 bits per heavy atom. The van der Waals surface area contributed by atoms with Crippen LogP contribution in [0.1, 0.15) is 54.4 Å². The molecular formula is C14H25NO4. The lowest BCUT2D eigenvalue weighted by molar-refractivity contribution is -0.160. The smallest absolute Gasteiger partial charge is 0.329 e. The summed E-state index contributed by atoms with van der Waals surface area (Å²) in [5.74, 6) is -0.872. The zero-order chi connectivity index (χ0) is 15.2. The number of ether oxygens (including phenoxy) is 1. The maximum atomic E-state index is 12.0. The molecule has 0 saturated carbocycles. The van der Waals surface area contributed by atoms with Crippen LogP contribution in [0.5, 0.6) is 0 Å². The normalized spacial score (nSPS) is 13.0. The van der Waals surface area contributed by atoms with E-state index in [1.807, 2.05) is 13.8 Å². The second-order valence-corrected chi connectivity index (χ2v) is 6.02. The molecule has 0 saturated heterocycles. The van der Waals surface area contributed by atoms with Gasteiger partial charge < -0.3 is 14.8 Å². The number of carbonyl (C=O) groups is 3. The van der Waals surface area contributed by atoms with Crippen molar-refractivity contribution < 1.29 is 19.1 Å². The topological polar surface area (TPSA) is 72.5 Å². The predicted molar refractivity (Wildman–Crippen MR) is 72.5 cm³/mol. The van der Waals surface area contributed by atoms with Crippen LogP contribution in [-0.4, -0.2) is 29.3 Å². The summed E-state index contributed by atoms with van der Waals surface area (Å²) < 4.78 is 5.27. The fraction of sp³-hybridized carbons (Fsp3) is 0.786. The molecule has 0 aromatic carbocycles. The van der Waals surface area contributed by atoms with Crippen LogP contribution in [0.25, 0.3) is 0 Å². The number of ketones is 1. The Bertz CT molecular complexity index is 342. The van der Waals surface area contributed by atoms with Crippen molar-refractivity contribution in [1.82, 2.24) is 5.32 Å². The molecule has 110 valence electrons. The van der Waals surface area contributed by atoms with Crippen molar-refractivity contribution in [2.24, 2.45) is 5.92 Å². The van der Waals surface area contributed by atoms with E-state index in [9.17, 15) is 14.4 Å². The van der Waals surface area contributed by atoms with Gasteiger partial charge in [-0.05, 0) is 33.6 Å². The van der Waals surface area contributed by atoms with Gasteiger partial charge in [0, 0.05) is 12.8 Å². The van der Waals surface area contributed by atoms with Crippen LogP contribution < -0.4 is 5.32 Å². The third-order valence-electron chi connectivity index (χ3n) is 2.35. The molecule has 19 heavy (non-hydrogen) atoms. The van der Waals surface area contributed by atoms with Crippen molar-refractivity contribution in [3.8, 4) is 0 Å². The number of hydrogen-bond acceptors (Lipinski definition) is 4. The number of nitrogens with one attached hydrogen (secondary N) is 1. The Balaban J connectivity index is 4.53. The minimum atomic E-state index is -0.682. The van der Waals surface area contributed by atoms with E-state index >= 15 is 0 Å². The number of Topliss-reactive ketones (excluding diaryl/α,β-unsaturated/α-hetero) is 1. The number of hydrogen-bond donors (Lipinski definition) is 1. The van der Waals surface area contributed by atoms with Crippen LogP contribution in [0.15, 0.2) is 0 Å². The van der Waals surface area contributed by atoms with E-state index in [0.717, 1.165) is 0 Å². The molecule has 5 nitrogen and oxygen atoms in total. The molecule has 0 heterocycles. The average Bonchev–Trinajstić information content (AvgIpc) is 2.19. The van der Waals surface area contributed by atoms with E-state index in [4.69, 9.17) is 4.74 Å². The molecule has 0 aliphatic rings. The summed E-state index contributed by atoms with van der Waals surface area (Å²) in [6.45, 7) is 10.4. The maximum Gasteiger partial charge on any atom is 0.329 e. The number of rotatable bonds is 6. The number of amides is 1. The standard InChI is InChI=1S/C14H25NO4/c1-9(2)12(13(18)19-14(4,5)6)15-11(17)8-7-10(3)16/h9,12H,7-8H2,1-6H3,(H,15,17). The van der Waals surface area contributed by atoms with E-state index < -0.39 is 17.6 Å². The highest BCUT2D eigenvalue weighted by atomic mass is 16.6. The molecule has 1 amide bonds. The molecule has 0 bridgehead atoms. The van der Waals surface area contributed by atoms with Crippen LogP contribution in [0.3, 0.4) is 0 Å². The van der Waals surface area contributed by atoms with Crippen molar-refractivity contribution in [1.29, 1.82) is 0 Å². The quantitative estimate of drug-likeness (QED) is 0.748. The van der Waals surface area contributed by atoms with Gasteiger partial charge in [-0.2, -0.15) is 0 Å². The lowest BCUT2D eigenvalue weighted by Gasteiger charge is -2.26. The minimum Gasteiger partial charge on any atom is -0.458 e. The van der Waals surface area contributed by atoms with Crippen LogP contribution in [0, 0.1) is 5.92 Å². The first-order valence-corrected chi connectivity index (χ1v) is 6.54. The Kier molecular flexibility index (Phi) is 6.73. The molecule has 0 rings (SSSR count). The zero-order valence-corrected chi connectivity index (χ0v) is 12.7. The van der Waals surface area contributed by atoms with Gasteiger partial charge in [-0.25, -0.2) is 4.79 Å². The van der Waals surface area contributed by atoms with Crippen molar-refractivity contribution in [2.75, 3.05) is 0 Å². The van der Waals surface area contributed by atoms with Gasteiger partial charge in [-0.15, -0.1) is 0 Å². The van der Waals surface area contributed by atoms with Crippen LogP contribution >= 0.6 is 0 Å². The Morgan fingerprint density at radius 1 is 1.11 bits per heavy atom. The van der Waals surface area contributed by atoms with Crippen molar-refractivity contribution >= 4 is 17.7 Å². The van der Waals surface area contributed by atoms with Gasteiger partial charge in [0.05, 0.1) is 0 Å². The molecule has 0 aliphatic heterocycles. The molecular weight excluding hydrogens is 246 g/mol. The molecule has 1 atom stereocenters. The third kappa shape index (κ3) is 8.35. The monoisotopic (exact) mass is 271 g/mol. The van der Waals surface area contributed by atoms with Crippen LogP contribution in [-0.2, 0) is 19.1 Å². The van der Waals surface area contributed by atoms with E-state index in [-0.39, 0.29) is 30.4 Å². The molecule has 0 fully saturated rings. The largest absolute Gasteiger partial charge is 0.458 e. The minimum absolute atomic E-state index is 0.0477. The summed E-state index contributed by atoms with van der Waals surface area (Å²) >= 11 is 0. The summed E-state index contributed by atoms with van der Waals surface area (Å²) in [7, 11) is 0. The van der Waals surface area contributed by atoms with Gasteiger partial charge in [0.25, 0.3) is 0 Å². The molecule has 0 spiro atoms. The second-order valence-electron chi connectivity index (χ2n) is 6.02. The summed E-state index contributed by atoms with van der Waals surface area (Å²) in [6.07, 6.45) is 0.284. The molecule has 5 heteroatoms. The summed E-state index contributed by atoms with van der Waals surface area (Å²) in [4.78, 5) is 34.4. The predicted octanol–water partition coefficient (Wildman–Crippen LogP) is 1.84. The van der Waals surface area contributed by atoms with Crippen molar-refractivity contribution in [2.45, 2.75) is 66.0 Å². The molecule has 0 radical (unpaired) electrons. The highest BCUT2D eigenvalue weighted by Crippen LogP contribution is 2.12. The molecule has 0 aromatic heterocycles. The summed E-state index contributed by atoms with van der Waals surface area (Å²) in [5.41, 5.74) is -0.589. The maximum absolute atomic E-state index is 12.0. The van der Waals surface area contributed by atoms with Crippen molar-refractivity contribution in [3.63, 3.8) is 0 Å². The zero-order valence-electron chi connectivity index (χ0n) is 12.7. The Morgan fingerprint density at radius 2 is 1.63 bits per heavy atom. The first-order chi connectivity index (χ1) is 8.53. The highest BCUT2D eigenvalue weighted by Gasteiger charge is 2.28. The highest BCUT2D eigenvalue weighted by molar-refractivity contribution is 5.87. The fourth-order valence-corrected chi connectivity index (χ4v) is 1.40. The SMILES string of the molecule is CC(=O)CCC(=O)NC(C(=O)OC(C)(C)C)C(C)C. The Labute approximate surface area is 115 Å². The van der Waals surface area contributed by atoms with Crippen LogP contribution in [0.2, 0.25) is 0 Å². The van der Waals surface area contributed by atoms with E-state index in [1.165, 1.54) is 6.92 Å². The van der Waals surface area contributed by atoms with Gasteiger partial charge in [-0.1, -0.05) is 13.8 Å². The fourth-order valence-electron chi connectivity index (χ4n) is 1.40. The van der Waals surface area contributed by atoms with Gasteiger partial charge in [0.2, 0.25) is 5.91 Å². The van der Waals surface area contributed by atoms with E-state index in [2.05, 4.69) is 5.32 Å². The van der Waals surface area contributed by atoms with E-state index in [0.29, 0.717) is 0 Å².